The third-order valence-electron chi connectivity index (χ3n) is 3.58. The number of aromatic nitrogens is 1. The molecule has 0 saturated carbocycles. The van der Waals surface area contributed by atoms with Gasteiger partial charge in [-0.15, -0.1) is 0 Å². The zero-order valence-electron chi connectivity index (χ0n) is 13.0. The number of hydrogen-bond donors (Lipinski definition) is 0. The molecule has 6 nitrogen and oxygen atoms in total. The summed E-state index contributed by atoms with van der Waals surface area (Å²) in [6, 6.07) is 13.0. The molecule has 2 aromatic rings. The molecule has 1 aliphatic rings. The average molecular weight is 311 g/mol. The Morgan fingerprint density at radius 1 is 1.22 bits per heavy atom. The fourth-order valence-corrected chi connectivity index (χ4v) is 2.38. The molecule has 0 saturated heterocycles. The van der Waals surface area contributed by atoms with Gasteiger partial charge < -0.3 is 9.57 Å². The van der Waals surface area contributed by atoms with Gasteiger partial charge in [0.25, 0.3) is 5.91 Å². The summed E-state index contributed by atoms with van der Waals surface area (Å²) in [5.74, 6) is 0.964. The molecule has 23 heavy (non-hydrogen) atoms. The number of oxime groups is 1. The Morgan fingerprint density at radius 3 is 2.74 bits per heavy atom. The molecule has 6 heteroatoms. The lowest BCUT2D eigenvalue weighted by Gasteiger charge is -2.29. The summed E-state index contributed by atoms with van der Waals surface area (Å²) in [5.41, 5.74) is 1.48. The SMILES string of the molecule is COc1ccccc1CN1C(=O)C(C)ON=C1c1ccccn1. The summed E-state index contributed by atoms with van der Waals surface area (Å²) in [5, 5.41) is 4.08. The molecule has 1 unspecified atom stereocenters. The van der Waals surface area contributed by atoms with Crippen molar-refractivity contribution in [3.8, 4) is 5.75 Å². The van der Waals surface area contributed by atoms with Crippen molar-refractivity contribution >= 4 is 11.7 Å². The topological polar surface area (TPSA) is 64.0 Å². The van der Waals surface area contributed by atoms with E-state index in [0.717, 1.165) is 11.3 Å². The second kappa shape index (κ2) is 6.48. The van der Waals surface area contributed by atoms with Crippen LogP contribution in [-0.4, -0.2) is 34.8 Å². The lowest BCUT2D eigenvalue weighted by atomic mass is 10.1. The molecule has 2 heterocycles. The van der Waals surface area contributed by atoms with Crippen LogP contribution in [0.5, 0.6) is 5.75 Å². The molecule has 0 fully saturated rings. The first-order chi connectivity index (χ1) is 11.2. The fraction of sp³-hybridized carbons (Fsp3) is 0.235. The minimum absolute atomic E-state index is 0.161. The number of pyridine rings is 1. The van der Waals surface area contributed by atoms with Crippen molar-refractivity contribution in [1.29, 1.82) is 0 Å². The van der Waals surface area contributed by atoms with Crippen LogP contribution < -0.4 is 4.74 Å². The highest BCUT2D eigenvalue weighted by molar-refractivity contribution is 6.08. The quantitative estimate of drug-likeness (QED) is 0.868. The molecule has 0 spiro atoms. The number of ether oxygens (including phenoxy) is 1. The van der Waals surface area contributed by atoms with Gasteiger partial charge in [-0.3, -0.25) is 14.7 Å². The molecular formula is C17H17N3O3. The van der Waals surface area contributed by atoms with E-state index in [1.54, 1.807) is 31.2 Å². The van der Waals surface area contributed by atoms with Gasteiger partial charge >= 0.3 is 0 Å². The fourth-order valence-electron chi connectivity index (χ4n) is 2.38. The van der Waals surface area contributed by atoms with Crippen LogP contribution in [0.2, 0.25) is 0 Å². The third-order valence-corrected chi connectivity index (χ3v) is 3.58. The van der Waals surface area contributed by atoms with E-state index in [9.17, 15) is 4.79 Å². The van der Waals surface area contributed by atoms with E-state index in [-0.39, 0.29) is 5.91 Å². The third kappa shape index (κ3) is 3.01. The number of hydrogen-bond acceptors (Lipinski definition) is 5. The zero-order valence-corrected chi connectivity index (χ0v) is 13.0. The van der Waals surface area contributed by atoms with Gasteiger partial charge in [-0.25, -0.2) is 0 Å². The molecule has 3 rings (SSSR count). The van der Waals surface area contributed by atoms with Gasteiger partial charge in [0.05, 0.1) is 13.7 Å². The number of amidine groups is 1. The molecule has 118 valence electrons. The smallest absolute Gasteiger partial charge is 0.272 e. The van der Waals surface area contributed by atoms with E-state index in [0.29, 0.717) is 18.1 Å². The Morgan fingerprint density at radius 2 is 2.00 bits per heavy atom. The lowest BCUT2D eigenvalue weighted by Crippen LogP contribution is -2.46. The summed E-state index contributed by atoms with van der Waals surface area (Å²) >= 11 is 0. The van der Waals surface area contributed by atoms with Crippen molar-refractivity contribution in [2.24, 2.45) is 5.16 Å². The van der Waals surface area contributed by atoms with E-state index in [4.69, 9.17) is 9.57 Å². The molecule has 1 aliphatic heterocycles. The Kier molecular flexibility index (Phi) is 4.23. The van der Waals surface area contributed by atoms with Gasteiger partial charge in [0.2, 0.25) is 11.9 Å². The first-order valence-electron chi connectivity index (χ1n) is 7.29. The molecular weight excluding hydrogens is 294 g/mol. The maximum absolute atomic E-state index is 12.6. The van der Waals surface area contributed by atoms with Crippen LogP contribution in [0.15, 0.2) is 53.8 Å². The van der Waals surface area contributed by atoms with Gasteiger partial charge in [-0.05, 0) is 25.1 Å². The first-order valence-corrected chi connectivity index (χ1v) is 7.29. The number of carbonyl (C=O) groups is 1. The first kappa shape index (κ1) is 15.0. The minimum Gasteiger partial charge on any atom is -0.496 e. The average Bonchev–Trinajstić information content (AvgIpc) is 2.60. The van der Waals surface area contributed by atoms with E-state index in [1.165, 1.54) is 0 Å². The molecule has 0 aliphatic carbocycles. The van der Waals surface area contributed by atoms with Crippen molar-refractivity contribution in [2.75, 3.05) is 7.11 Å². The molecule has 1 amide bonds. The van der Waals surface area contributed by atoms with Gasteiger partial charge in [0, 0.05) is 11.8 Å². The van der Waals surface area contributed by atoms with Crippen molar-refractivity contribution in [3.05, 3.63) is 59.9 Å². The van der Waals surface area contributed by atoms with Crippen molar-refractivity contribution in [2.45, 2.75) is 19.6 Å². The van der Waals surface area contributed by atoms with Crippen LogP contribution in [0.4, 0.5) is 0 Å². The number of benzene rings is 1. The molecule has 1 aromatic carbocycles. The Bertz CT molecular complexity index is 731. The van der Waals surface area contributed by atoms with Crippen LogP contribution in [-0.2, 0) is 16.2 Å². The summed E-state index contributed by atoms with van der Waals surface area (Å²) in [4.78, 5) is 23.6. The van der Waals surface area contributed by atoms with Gasteiger partial charge in [-0.1, -0.05) is 29.4 Å². The highest BCUT2D eigenvalue weighted by Gasteiger charge is 2.32. The van der Waals surface area contributed by atoms with Crippen LogP contribution in [0.3, 0.4) is 0 Å². The van der Waals surface area contributed by atoms with Gasteiger partial charge in [0.1, 0.15) is 11.4 Å². The zero-order chi connectivity index (χ0) is 16.2. The van der Waals surface area contributed by atoms with Crippen LogP contribution in [0, 0.1) is 0 Å². The van der Waals surface area contributed by atoms with Gasteiger partial charge in [-0.2, -0.15) is 0 Å². The Labute approximate surface area is 134 Å². The summed E-state index contributed by atoms with van der Waals surface area (Å²) in [7, 11) is 1.61. The van der Waals surface area contributed by atoms with Crippen LogP contribution in [0.25, 0.3) is 0 Å². The van der Waals surface area contributed by atoms with Crippen LogP contribution >= 0.6 is 0 Å². The molecule has 0 radical (unpaired) electrons. The molecule has 1 aromatic heterocycles. The van der Waals surface area contributed by atoms with E-state index < -0.39 is 6.10 Å². The van der Waals surface area contributed by atoms with E-state index in [2.05, 4.69) is 10.1 Å². The number of nitrogens with zero attached hydrogens (tertiary/aromatic N) is 3. The number of para-hydroxylation sites is 1. The second-order valence-corrected chi connectivity index (χ2v) is 5.11. The Hall–Kier alpha value is -2.89. The highest BCUT2D eigenvalue weighted by atomic mass is 16.6. The maximum Gasteiger partial charge on any atom is 0.272 e. The summed E-state index contributed by atoms with van der Waals surface area (Å²) in [6.07, 6.45) is 1.03. The lowest BCUT2D eigenvalue weighted by molar-refractivity contribution is -0.142. The number of amides is 1. The van der Waals surface area contributed by atoms with E-state index in [1.807, 2.05) is 36.4 Å². The number of methoxy groups -OCH3 is 1. The van der Waals surface area contributed by atoms with Crippen molar-refractivity contribution in [1.82, 2.24) is 9.88 Å². The van der Waals surface area contributed by atoms with Crippen molar-refractivity contribution < 1.29 is 14.4 Å². The number of rotatable bonds is 4. The summed E-state index contributed by atoms with van der Waals surface area (Å²) < 4.78 is 5.37. The molecule has 0 bridgehead atoms. The standard InChI is InChI=1S/C17H17N3O3/c1-12-17(21)20(11-13-7-3-4-9-15(13)22-2)16(19-23-12)14-8-5-6-10-18-14/h3-10,12H,11H2,1-2H3. The van der Waals surface area contributed by atoms with Crippen LogP contribution in [0.1, 0.15) is 18.2 Å². The monoisotopic (exact) mass is 311 g/mol. The maximum atomic E-state index is 12.6. The predicted molar refractivity (Wildman–Crippen MR) is 84.9 cm³/mol. The molecule has 0 N–H and O–H groups in total. The van der Waals surface area contributed by atoms with E-state index >= 15 is 0 Å². The second-order valence-electron chi connectivity index (χ2n) is 5.11. The minimum atomic E-state index is -0.628. The summed E-state index contributed by atoms with van der Waals surface area (Å²) in [6.45, 7) is 2.02. The predicted octanol–water partition coefficient (Wildman–Crippen LogP) is 2.20. The highest BCUT2D eigenvalue weighted by Crippen LogP contribution is 2.23. The molecule has 1 atom stereocenters. The van der Waals surface area contributed by atoms with Crippen molar-refractivity contribution in [3.63, 3.8) is 0 Å². The van der Waals surface area contributed by atoms with Gasteiger partial charge in [0.15, 0.2) is 0 Å². The Balaban J connectivity index is 1.97. The largest absolute Gasteiger partial charge is 0.496 e. The number of carbonyl (C=O) groups excluding carboxylic acids is 1. The normalized spacial score (nSPS) is 17.5.